The molecule has 4 nitrogen and oxygen atoms in total. The first kappa shape index (κ1) is 15.1. The predicted molar refractivity (Wildman–Crippen MR) is 74.1 cm³/mol. The van der Waals surface area contributed by atoms with E-state index in [0.717, 1.165) is 0 Å². The average Bonchev–Trinajstić information content (AvgIpc) is 2.70. The van der Waals surface area contributed by atoms with Crippen molar-refractivity contribution in [3.8, 4) is 0 Å². The number of aliphatic hydroxyl groups is 1. The summed E-state index contributed by atoms with van der Waals surface area (Å²) in [4.78, 5) is 0.671. The van der Waals surface area contributed by atoms with Crippen LogP contribution in [0.4, 0.5) is 0 Å². The Morgan fingerprint density at radius 2 is 1.94 bits per heavy atom. The Labute approximate surface area is 112 Å². The molecule has 1 N–H and O–H groups in total. The molecule has 0 amide bonds. The fraction of sp³-hybridized carbons (Fsp3) is 0.333. The third-order valence-corrected chi connectivity index (χ3v) is 5.68. The lowest BCUT2D eigenvalue weighted by Gasteiger charge is -2.19. The molecule has 100 valence electrons. The fourth-order valence-electron chi connectivity index (χ4n) is 1.63. The average molecular weight is 287 g/mol. The van der Waals surface area contributed by atoms with E-state index >= 15 is 0 Å². The zero-order chi connectivity index (χ0) is 13.8. The first-order chi connectivity index (χ1) is 8.48. The lowest BCUT2D eigenvalue weighted by molar-refractivity contribution is 0.282. The number of aliphatic hydroxyl groups excluding tert-OH is 1. The first-order valence-electron chi connectivity index (χ1n) is 5.38. The molecule has 0 radical (unpaired) electrons. The summed E-state index contributed by atoms with van der Waals surface area (Å²) in [5, 5.41) is 11.0. The highest BCUT2D eigenvalue weighted by Gasteiger charge is 2.28. The highest BCUT2D eigenvalue weighted by molar-refractivity contribution is 7.89. The van der Waals surface area contributed by atoms with Crippen molar-refractivity contribution in [2.75, 3.05) is 13.1 Å². The molecule has 1 aromatic rings. The van der Waals surface area contributed by atoms with E-state index in [9.17, 15) is 13.5 Å². The van der Waals surface area contributed by atoms with Crippen LogP contribution in [-0.2, 0) is 16.6 Å². The van der Waals surface area contributed by atoms with E-state index < -0.39 is 10.0 Å². The van der Waals surface area contributed by atoms with Crippen LogP contribution in [0.15, 0.2) is 35.6 Å². The number of thiophene rings is 1. The highest BCUT2D eigenvalue weighted by atomic mass is 32.2. The molecule has 0 bridgehead atoms. The van der Waals surface area contributed by atoms with Gasteiger partial charge in [0, 0.05) is 13.1 Å². The molecule has 0 saturated carbocycles. The Balaban J connectivity index is 3.29. The zero-order valence-corrected chi connectivity index (χ0v) is 11.9. The van der Waals surface area contributed by atoms with E-state index in [2.05, 4.69) is 13.2 Å². The van der Waals surface area contributed by atoms with Crippen molar-refractivity contribution in [3.63, 3.8) is 0 Å². The van der Waals surface area contributed by atoms with Crippen LogP contribution in [0.1, 0.15) is 10.4 Å². The zero-order valence-electron chi connectivity index (χ0n) is 10.3. The van der Waals surface area contributed by atoms with Crippen molar-refractivity contribution in [2.24, 2.45) is 0 Å². The van der Waals surface area contributed by atoms with E-state index in [1.165, 1.54) is 27.8 Å². The Morgan fingerprint density at radius 3 is 2.39 bits per heavy atom. The minimum Gasteiger partial charge on any atom is -0.391 e. The van der Waals surface area contributed by atoms with Crippen molar-refractivity contribution in [1.29, 1.82) is 0 Å². The maximum absolute atomic E-state index is 12.5. The van der Waals surface area contributed by atoms with Crippen LogP contribution in [0, 0.1) is 6.92 Å². The van der Waals surface area contributed by atoms with E-state index in [4.69, 9.17) is 0 Å². The van der Waals surface area contributed by atoms with Crippen LogP contribution in [0.25, 0.3) is 0 Å². The minimum absolute atomic E-state index is 0.207. The quantitative estimate of drug-likeness (QED) is 0.779. The van der Waals surface area contributed by atoms with E-state index in [1.54, 1.807) is 12.3 Å². The summed E-state index contributed by atoms with van der Waals surface area (Å²) in [6.45, 7) is 8.99. The van der Waals surface area contributed by atoms with Crippen molar-refractivity contribution in [2.45, 2.75) is 18.4 Å². The predicted octanol–water partition coefficient (Wildman–Crippen LogP) is 1.91. The van der Waals surface area contributed by atoms with Gasteiger partial charge in [-0.1, -0.05) is 12.2 Å². The van der Waals surface area contributed by atoms with E-state index in [0.29, 0.717) is 10.4 Å². The molecule has 0 aliphatic carbocycles. The monoisotopic (exact) mass is 287 g/mol. The molecule has 0 atom stereocenters. The fourth-order valence-corrected chi connectivity index (χ4v) is 4.62. The topological polar surface area (TPSA) is 57.6 Å². The summed E-state index contributed by atoms with van der Waals surface area (Å²) in [5.41, 5.74) is 0.655. The highest BCUT2D eigenvalue weighted by Crippen LogP contribution is 2.29. The van der Waals surface area contributed by atoms with Crippen LogP contribution in [0.2, 0.25) is 0 Å². The molecular weight excluding hydrogens is 270 g/mol. The molecule has 1 heterocycles. The third-order valence-electron chi connectivity index (χ3n) is 2.40. The summed E-state index contributed by atoms with van der Waals surface area (Å²) in [5.74, 6) is 0. The van der Waals surface area contributed by atoms with Gasteiger partial charge >= 0.3 is 0 Å². The van der Waals surface area contributed by atoms with Crippen LogP contribution in [0.5, 0.6) is 0 Å². The molecule has 18 heavy (non-hydrogen) atoms. The molecule has 6 heteroatoms. The molecule has 0 saturated heterocycles. The molecule has 0 aliphatic rings. The van der Waals surface area contributed by atoms with Gasteiger partial charge in [0.2, 0.25) is 10.0 Å². The van der Waals surface area contributed by atoms with E-state index in [1.807, 2.05) is 0 Å². The lowest BCUT2D eigenvalue weighted by Crippen LogP contribution is -2.32. The normalized spacial score (nSPS) is 11.7. The van der Waals surface area contributed by atoms with Gasteiger partial charge in [-0.05, 0) is 17.9 Å². The second-order valence-corrected chi connectivity index (χ2v) is 6.57. The van der Waals surface area contributed by atoms with Gasteiger partial charge in [-0.3, -0.25) is 0 Å². The van der Waals surface area contributed by atoms with Gasteiger partial charge in [0.25, 0.3) is 0 Å². The molecule has 0 aromatic carbocycles. The number of nitrogens with zero attached hydrogens (tertiary/aromatic N) is 1. The number of hydrogen-bond acceptors (Lipinski definition) is 4. The smallest absolute Gasteiger partial charge is 0.245 e. The van der Waals surface area contributed by atoms with Crippen molar-refractivity contribution >= 4 is 21.4 Å². The van der Waals surface area contributed by atoms with Crippen molar-refractivity contribution in [3.05, 3.63) is 41.1 Å². The number of sulfonamides is 1. The summed E-state index contributed by atoms with van der Waals surface area (Å²) in [6.07, 6.45) is 3.06. The van der Waals surface area contributed by atoms with Gasteiger partial charge < -0.3 is 5.11 Å². The van der Waals surface area contributed by atoms with Gasteiger partial charge in [-0.25, -0.2) is 8.42 Å². The number of aryl methyl sites for hydroxylation is 1. The van der Waals surface area contributed by atoms with Crippen molar-refractivity contribution in [1.82, 2.24) is 4.31 Å². The molecular formula is C12H17NO3S2. The Morgan fingerprint density at radius 1 is 1.39 bits per heavy atom. The maximum Gasteiger partial charge on any atom is 0.245 e. The van der Waals surface area contributed by atoms with Crippen LogP contribution in [0.3, 0.4) is 0 Å². The maximum atomic E-state index is 12.5. The lowest BCUT2D eigenvalue weighted by atomic mass is 10.3. The molecule has 0 fully saturated rings. The Hall–Kier alpha value is -0.950. The van der Waals surface area contributed by atoms with Crippen LogP contribution in [-0.4, -0.2) is 30.9 Å². The first-order valence-corrected chi connectivity index (χ1v) is 7.70. The summed E-state index contributed by atoms with van der Waals surface area (Å²) in [6, 6.07) is 0. The van der Waals surface area contributed by atoms with Gasteiger partial charge in [0.1, 0.15) is 4.90 Å². The second kappa shape index (κ2) is 6.29. The molecule has 1 rings (SSSR count). The van der Waals surface area contributed by atoms with Crippen LogP contribution < -0.4 is 0 Å². The van der Waals surface area contributed by atoms with Gasteiger partial charge in [-0.2, -0.15) is 4.31 Å². The summed E-state index contributed by atoms with van der Waals surface area (Å²) < 4.78 is 26.3. The third kappa shape index (κ3) is 2.89. The SMILES string of the molecule is C=CCN(CC=C)S(=O)(=O)c1c(C)csc1CO. The Bertz CT molecular complexity index is 522. The number of hydrogen-bond donors (Lipinski definition) is 1. The Kier molecular flexibility index (Phi) is 5.28. The van der Waals surface area contributed by atoms with E-state index in [-0.39, 0.29) is 24.6 Å². The van der Waals surface area contributed by atoms with Gasteiger partial charge in [-0.15, -0.1) is 24.5 Å². The molecule has 1 aromatic heterocycles. The summed E-state index contributed by atoms with van der Waals surface area (Å²) in [7, 11) is -3.61. The van der Waals surface area contributed by atoms with Gasteiger partial charge in [0.05, 0.1) is 11.5 Å². The standard InChI is InChI=1S/C12H17NO3S2/c1-4-6-13(7-5-2)18(15,16)12-10(3)9-17-11(12)8-14/h4-5,9,14H,1-2,6-8H2,3H3. The number of rotatable bonds is 7. The minimum atomic E-state index is -3.61. The molecule has 0 spiro atoms. The second-order valence-electron chi connectivity index (χ2n) is 3.73. The molecule has 0 unspecified atom stereocenters. The largest absolute Gasteiger partial charge is 0.391 e. The van der Waals surface area contributed by atoms with Crippen molar-refractivity contribution < 1.29 is 13.5 Å². The van der Waals surface area contributed by atoms with Crippen LogP contribution >= 0.6 is 11.3 Å². The summed E-state index contributed by atoms with van der Waals surface area (Å²) >= 11 is 1.25. The van der Waals surface area contributed by atoms with Gasteiger partial charge in [0.15, 0.2) is 0 Å². The molecule has 0 aliphatic heterocycles.